The third-order valence-electron chi connectivity index (χ3n) is 6.30. The molecular formula is C26H27N7O6S. The van der Waals surface area contributed by atoms with E-state index in [1.165, 1.54) is 32.8 Å². The van der Waals surface area contributed by atoms with Gasteiger partial charge in [-0.3, -0.25) is 9.29 Å². The lowest BCUT2D eigenvalue weighted by Gasteiger charge is -2.20. The highest BCUT2D eigenvalue weighted by Crippen LogP contribution is 2.38. The SMILES string of the molecule is COc1cccc(-c2nnc(NS(=O)(=O)[C@@H](C)[C@H](O)c3cn4ccccc4n3)n2-c2c(OC)cccc2OC)n1. The van der Waals surface area contributed by atoms with E-state index in [2.05, 4.69) is 24.9 Å². The van der Waals surface area contributed by atoms with Gasteiger partial charge >= 0.3 is 0 Å². The number of nitrogens with zero attached hydrogens (tertiary/aromatic N) is 6. The van der Waals surface area contributed by atoms with Crippen molar-refractivity contribution in [1.29, 1.82) is 0 Å². The molecule has 0 saturated carbocycles. The molecule has 0 aliphatic heterocycles. The molecule has 13 nitrogen and oxygen atoms in total. The van der Waals surface area contributed by atoms with Gasteiger partial charge in [-0.2, -0.15) is 0 Å². The molecule has 0 fully saturated rings. The van der Waals surface area contributed by atoms with Gasteiger partial charge in [-0.1, -0.05) is 18.2 Å². The molecule has 4 heterocycles. The Bertz CT molecular complexity index is 1710. The molecule has 0 aliphatic rings. The van der Waals surface area contributed by atoms with Crippen LogP contribution in [-0.2, 0) is 10.0 Å². The van der Waals surface area contributed by atoms with Gasteiger partial charge in [0.15, 0.2) is 5.82 Å². The number of methoxy groups -OCH3 is 3. The number of hydrogen-bond acceptors (Lipinski definition) is 10. The van der Waals surface area contributed by atoms with Crippen molar-refractivity contribution in [2.24, 2.45) is 0 Å². The van der Waals surface area contributed by atoms with Crippen molar-refractivity contribution in [2.75, 3.05) is 26.1 Å². The van der Waals surface area contributed by atoms with Crippen LogP contribution in [0.4, 0.5) is 5.95 Å². The highest BCUT2D eigenvalue weighted by Gasteiger charge is 2.34. The monoisotopic (exact) mass is 565 g/mol. The summed E-state index contributed by atoms with van der Waals surface area (Å²) in [5.74, 6) is 1.07. The van der Waals surface area contributed by atoms with Crippen LogP contribution in [0.2, 0.25) is 0 Å². The van der Waals surface area contributed by atoms with Gasteiger partial charge in [-0.05, 0) is 37.3 Å². The maximum Gasteiger partial charge on any atom is 0.243 e. The Kier molecular flexibility index (Phi) is 7.28. The van der Waals surface area contributed by atoms with Gasteiger partial charge in [0.05, 0.1) is 27.0 Å². The average Bonchev–Trinajstić information content (AvgIpc) is 3.59. The summed E-state index contributed by atoms with van der Waals surface area (Å²) < 4.78 is 49.2. The largest absolute Gasteiger partial charge is 0.494 e. The molecule has 0 aliphatic carbocycles. The second-order valence-corrected chi connectivity index (χ2v) is 10.7. The fourth-order valence-electron chi connectivity index (χ4n) is 4.16. The van der Waals surface area contributed by atoms with Crippen LogP contribution in [0.1, 0.15) is 18.7 Å². The number of imidazole rings is 1. The molecule has 40 heavy (non-hydrogen) atoms. The van der Waals surface area contributed by atoms with Crippen LogP contribution in [0.3, 0.4) is 0 Å². The smallest absolute Gasteiger partial charge is 0.243 e. The van der Waals surface area contributed by atoms with E-state index in [1.54, 1.807) is 71.4 Å². The number of pyridine rings is 2. The van der Waals surface area contributed by atoms with Crippen LogP contribution in [-0.4, -0.2) is 69.2 Å². The van der Waals surface area contributed by atoms with Crippen molar-refractivity contribution in [3.8, 4) is 34.6 Å². The van der Waals surface area contributed by atoms with E-state index in [1.807, 2.05) is 0 Å². The number of aromatic nitrogens is 6. The lowest BCUT2D eigenvalue weighted by Crippen LogP contribution is -2.32. The summed E-state index contributed by atoms with van der Waals surface area (Å²) in [5.41, 5.74) is 1.47. The van der Waals surface area contributed by atoms with E-state index in [0.717, 1.165) is 0 Å². The van der Waals surface area contributed by atoms with Crippen LogP contribution in [0.25, 0.3) is 22.9 Å². The second-order valence-electron chi connectivity index (χ2n) is 8.69. The fraction of sp³-hybridized carbons (Fsp3) is 0.231. The number of para-hydroxylation sites is 1. The van der Waals surface area contributed by atoms with Crippen molar-refractivity contribution in [1.82, 2.24) is 29.1 Å². The van der Waals surface area contributed by atoms with Gasteiger partial charge in [0, 0.05) is 18.5 Å². The minimum Gasteiger partial charge on any atom is -0.494 e. The summed E-state index contributed by atoms with van der Waals surface area (Å²) >= 11 is 0. The minimum atomic E-state index is -4.25. The number of hydrogen-bond donors (Lipinski definition) is 2. The van der Waals surface area contributed by atoms with Crippen LogP contribution >= 0.6 is 0 Å². The molecular weight excluding hydrogens is 538 g/mol. The first kappa shape index (κ1) is 26.9. The van der Waals surface area contributed by atoms with E-state index in [4.69, 9.17) is 14.2 Å². The number of anilines is 1. The zero-order chi connectivity index (χ0) is 28.4. The molecule has 0 unspecified atom stereocenters. The number of benzene rings is 1. The minimum absolute atomic E-state index is 0.170. The molecule has 208 valence electrons. The van der Waals surface area contributed by atoms with Gasteiger partial charge < -0.3 is 23.7 Å². The van der Waals surface area contributed by atoms with E-state index in [-0.39, 0.29) is 17.5 Å². The first-order valence-corrected chi connectivity index (χ1v) is 13.6. The predicted molar refractivity (Wildman–Crippen MR) is 146 cm³/mol. The highest BCUT2D eigenvalue weighted by molar-refractivity contribution is 7.93. The quantitative estimate of drug-likeness (QED) is 0.258. The number of rotatable bonds is 10. The summed E-state index contributed by atoms with van der Waals surface area (Å²) in [6, 6.07) is 15.5. The number of aliphatic hydroxyl groups is 1. The van der Waals surface area contributed by atoms with Crippen molar-refractivity contribution >= 4 is 21.6 Å². The lowest BCUT2D eigenvalue weighted by molar-refractivity contribution is 0.172. The third-order valence-corrected chi connectivity index (χ3v) is 8.01. The van der Waals surface area contributed by atoms with Crippen molar-refractivity contribution in [2.45, 2.75) is 18.3 Å². The van der Waals surface area contributed by atoms with E-state index in [0.29, 0.717) is 34.4 Å². The Morgan fingerprint density at radius 3 is 2.30 bits per heavy atom. The first-order chi connectivity index (χ1) is 19.3. The highest BCUT2D eigenvalue weighted by atomic mass is 32.2. The Morgan fingerprint density at radius 1 is 0.900 bits per heavy atom. The molecule has 0 saturated heterocycles. The summed E-state index contributed by atoms with van der Waals surface area (Å²) in [7, 11) is 0.184. The maximum absolute atomic E-state index is 13.6. The van der Waals surface area contributed by atoms with Crippen LogP contribution in [0.15, 0.2) is 67.0 Å². The topological polar surface area (TPSA) is 155 Å². The summed E-state index contributed by atoms with van der Waals surface area (Å²) in [6.45, 7) is 1.38. The molecule has 0 amide bonds. The van der Waals surface area contributed by atoms with E-state index < -0.39 is 21.4 Å². The number of sulfonamides is 1. The Balaban J connectivity index is 1.60. The molecule has 4 aromatic heterocycles. The van der Waals surface area contributed by atoms with Crippen molar-refractivity contribution < 1.29 is 27.7 Å². The average molecular weight is 566 g/mol. The fourth-order valence-corrected chi connectivity index (χ4v) is 5.21. The number of fused-ring (bicyclic) bond motifs is 1. The van der Waals surface area contributed by atoms with Crippen LogP contribution < -0.4 is 18.9 Å². The van der Waals surface area contributed by atoms with Gasteiger partial charge in [-0.25, -0.2) is 18.4 Å². The molecule has 2 atom stereocenters. The predicted octanol–water partition coefficient (Wildman–Crippen LogP) is 2.87. The molecule has 14 heteroatoms. The zero-order valence-corrected chi connectivity index (χ0v) is 22.9. The summed E-state index contributed by atoms with van der Waals surface area (Å²) in [5, 5.41) is 18.1. The molecule has 1 aromatic carbocycles. The third kappa shape index (κ3) is 4.89. The van der Waals surface area contributed by atoms with Gasteiger partial charge in [-0.15, -0.1) is 10.2 Å². The number of nitrogens with one attached hydrogen (secondary N) is 1. The molecule has 0 radical (unpaired) electrons. The summed E-state index contributed by atoms with van der Waals surface area (Å²) in [4.78, 5) is 8.80. The van der Waals surface area contributed by atoms with Crippen LogP contribution in [0.5, 0.6) is 17.4 Å². The molecule has 5 rings (SSSR count). The number of aliphatic hydroxyl groups excluding tert-OH is 1. The zero-order valence-electron chi connectivity index (χ0n) is 22.1. The lowest BCUT2D eigenvalue weighted by atomic mass is 10.2. The van der Waals surface area contributed by atoms with E-state index in [9.17, 15) is 13.5 Å². The maximum atomic E-state index is 13.6. The first-order valence-electron chi connectivity index (χ1n) is 12.1. The molecule has 0 bridgehead atoms. The molecule has 5 aromatic rings. The van der Waals surface area contributed by atoms with Gasteiger partial charge in [0.2, 0.25) is 21.9 Å². The Hall–Kier alpha value is -4.69. The van der Waals surface area contributed by atoms with Gasteiger partial charge in [0.25, 0.3) is 0 Å². The van der Waals surface area contributed by atoms with Crippen molar-refractivity contribution in [3.05, 3.63) is 72.7 Å². The standard InChI is InChI=1S/C26H27N7O6S/c1-16(24(34)18-15-32-14-6-5-12-21(32)27-18)40(35,36)31-26-30-29-25(17-9-7-13-22(28-17)39-4)33(26)23-19(37-2)10-8-11-20(23)38-3/h5-16,24,34H,1-4H3,(H,30,31)/t16-,24-/m0/s1. The normalized spacial score (nSPS) is 13.1. The second kappa shape index (κ2) is 10.8. The van der Waals surface area contributed by atoms with Crippen LogP contribution in [0, 0.1) is 0 Å². The molecule has 0 spiro atoms. The summed E-state index contributed by atoms with van der Waals surface area (Å²) in [6.07, 6.45) is 1.91. The van der Waals surface area contributed by atoms with E-state index >= 15 is 0 Å². The Labute approximate surface area is 230 Å². The number of ether oxygens (including phenoxy) is 3. The van der Waals surface area contributed by atoms with Gasteiger partial charge in [0.1, 0.15) is 39.9 Å². The van der Waals surface area contributed by atoms with Crippen molar-refractivity contribution in [3.63, 3.8) is 0 Å². The molecule has 2 N–H and O–H groups in total. The Morgan fingerprint density at radius 2 is 1.62 bits per heavy atom.